The van der Waals surface area contributed by atoms with Crippen molar-refractivity contribution in [2.75, 3.05) is 13.7 Å². The molecule has 30 heavy (non-hydrogen) atoms. The van der Waals surface area contributed by atoms with Gasteiger partial charge in [0, 0.05) is 11.4 Å². The number of fused-ring (bicyclic) bond motifs is 1. The second kappa shape index (κ2) is 9.03. The largest absolute Gasteiger partial charge is 0.497 e. The molecule has 1 aromatic heterocycles. The summed E-state index contributed by atoms with van der Waals surface area (Å²) >= 11 is 1.27. The summed E-state index contributed by atoms with van der Waals surface area (Å²) in [5.74, 6) is -0.419. The van der Waals surface area contributed by atoms with Crippen molar-refractivity contribution in [3.05, 3.63) is 46.2 Å². The molecule has 1 aromatic carbocycles. The lowest BCUT2D eigenvalue weighted by Crippen LogP contribution is -2.52. The first kappa shape index (κ1) is 22.7. The van der Waals surface area contributed by atoms with Crippen LogP contribution in [0, 0.1) is 5.92 Å². The van der Waals surface area contributed by atoms with Crippen molar-refractivity contribution in [2.45, 2.75) is 43.2 Å². The number of nitrogens with zero attached hydrogens (tertiary/aromatic N) is 1. The van der Waals surface area contributed by atoms with Crippen molar-refractivity contribution >= 4 is 27.3 Å². The highest BCUT2D eigenvalue weighted by Crippen LogP contribution is 2.42. The number of carbonyl (C=O) groups is 1. The number of aliphatic hydroxyl groups is 1. The zero-order valence-electron chi connectivity index (χ0n) is 17.0. The third-order valence-electron chi connectivity index (χ3n) is 5.25. The molecule has 1 amide bonds. The first-order valence-corrected chi connectivity index (χ1v) is 11.9. The molecule has 0 saturated carbocycles. The van der Waals surface area contributed by atoms with E-state index in [1.807, 2.05) is 25.3 Å². The number of methoxy groups -OCH3 is 1. The van der Waals surface area contributed by atoms with E-state index >= 15 is 0 Å². The van der Waals surface area contributed by atoms with Gasteiger partial charge >= 0.3 is 0 Å². The number of nitrogens with one attached hydrogen (secondary N) is 1. The van der Waals surface area contributed by atoms with Crippen LogP contribution in [0.25, 0.3) is 0 Å². The molecule has 1 aliphatic rings. The van der Waals surface area contributed by atoms with Gasteiger partial charge in [0.2, 0.25) is 10.0 Å². The van der Waals surface area contributed by atoms with Crippen molar-refractivity contribution in [1.29, 1.82) is 0 Å². The molecular weight excluding hydrogens is 428 g/mol. The number of hydroxylamine groups is 1. The third-order valence-corrected chi connectivity index (χ3v) is 8.11. The zero-order chi connectivity index (χ0) is 22.1. The normalized spacial score (nSPS) is 22.4. The quantitative estimate of drug-likeness (QED) is 0.456. The molecule has 2 heterocycles. The number of ether oxygens (including phenoxy) is 1. The lowest BCUT2D eigenvalue weighted by atomic mass is 9.90. The van der Waals surface area contributed by atoms with Crippen molar-refractivity contribution in [1.82, 2.24) is 9.79 Å². The van der Waals surface area contributed by atoms with E-state index in [-0.39, 0.29) is 23.3 Å². The summed E-state index contributed by atoms with van der Waals surface area (Å²) in [5, 5.41) is 22.1. The van der Waals surface area contributed by atoms with Gasteiger partial charge in [-0.25, -0.2) is 13.9 Å². The summed E-state index contributed by atoms with van der Waals surface area (Å²) in [5.41, 5.74) is 2.36. The smallest absolute Gasteiger partial charge is 0.264 e. The monoisotopic (exact) mass is 454 g/mol. The number of benzene rings is 1. The summed E-state index contributed by atoms with van der Waals surface area (Å²) in [7, 11) is -2.68. The van der Waals surface area contributed by atoms with Crippen LogP contribution in [0.4, 0.5) is 0 Å². The van der Waals surface area contributed by atoms with E-state index in [4.69, 9.17) is 4.74 Å². The Kier molecular flexibility index (Phi) is 6.83. The number of rotatable bonds is 6. The van der Waals surface area contributed by atoms with Gasteiger partial charge in [-0.1, -0.05) is 13.8 Å². The molecule has 0 fully saturated rings. The van der Waals surface area contributed by atoms with Gasteiger partial charge < -0.3 is 9.84 Å². The van der Waals surface area contributed by atoms with Gasteiger partial charge in [0.05, 0.1) is 12.0 Å². The first-order chi connectivity index (χ1) is 14.2. The number of aliphatic hydroxyl groups excluding tert-OH is 1. The van der Waals surface area contributed by atoms with E-state index in [0.717, 1.165) is 9.87 Å². The Morgan fingerprint density at radius 1 is 1.30 bits per heavy atom. The van der Waals surface area contributed by atoms with Gasteiger partial charge in [-0.15, -0.1) is 11.3 Å². The maximum Gasteiger partial charge on any atom is 0.264 e. The Morgan fingerprint density at radius 2 is 1.97 bits per heavy atom. The first-order valence-electron chi connectivity index (χ1n) is 9.55. The van der Waals surface area contributed by atoms with Crippen molar-refractivity contribution in [2.24, 2.45) is 5.92 Å². The minimum atomic E-state index is -4.16. The highest BCUT2D eigenvalue weighted by Gasteiger charge is 2.46. The fourth-order valence-electron chi connectivity index (χ4n) is 3.88. The Bertz CT molecular complexity index is 987. The summed E-state index contributed by atoms with van der Waals surface area (Å²) in [6.07, 6.45) is -0.726. The van der Waals surface area contributed by atoms with E-state index in [9.17, 15) is 23.5 Å². The van der Waals surface area contributed by atoms with Gasteiger partial charge in [-0.2, -0.15) is 4.31 Å². The van der Waals surface area contributed by atoms with Gasteiger partial charge in [0.1, 0.15) is 17.9 Å². The maximum atomic E-state index is 13.5. The van der Waals surface area contributed by atoms with E-state index in [1.54, 1.807) is 0 Å². The molecule has 0 saturated heterocycles. The summed E-state index contributed by atoms with van der Waals surface area (Å²) in [6.45, 7) is 4.08. The SMILES string of the molecule is COc1ccc(S(=O)(=O)N2C[C@@H](CC(C)C)c3ccsc3[C@H](O)[C@H]2C(=O)NO)cc1. The van der Waals surface area contributed by atoms with E-state index in [1.165, 1.54) is 48.2 Å². The third kappa shape index (κ3) is 4.23. The van der Waals surface area contributed by atoms with Gasteiger partial charge in [0.15, 0.2) is 0 Å². The van der Waals surface area contributed by atoms with Gasteiger partial charge in [-0.05, 0) is 59.5 Å². The summed E-state index contributed by atoms with van der Waals surface area (Å²) < 4.78 is 33.2. The number of hydrogen-bond donors (Lipinski definition) is 3. The van der Waals surface area contributed by atoms with E-state index in [2.05, 4.69) is 0 Å². The van der Waals surface area contributed by atoms with Crippen molar-refractivity contribution in [3.63, 3.8) is 0 Å². The lowest BCUT2D eigenvalue weighted by Gasteiger charge is -2.31. The fraction of sp³-hybridized carbons (Fsp3) is 0.450. The highest BCUT2D eigenvalue weighted by molar-refractivity contribution is 7.89. The summed E-state index contributed by atoms with van der Waals surface area (Å²) in [4.78, 5) is 13.1. The molecule has 3 atom stereocenters. The molecule has 2 aromatic rings. The fourth-order valence-corrected chi connectivity index (χ4v) is 6.52. The molecule has 164 valence electrons. The minimum Gasteiger partial charge on any atom is -0.497 e. The zero-order valence-corrected chi connectivity index (χ0v) is 18.6. The van der Waals surface area contributed by atoms with E-state index in [0.29, 0.717) is 17.0 Å². The van der Waals surface area contributed by atoms with Crippen LogP contribution in [-0.4, -0.2) is 48.6 Å². The van der Waals surface area contributed by atoms with Crippen LogP contribution in [0.15, 0.2) is 40.6 Å². The van der Waals surface area contributed by atoms with Gasteiger partial charge in [-0.3, -0.25) is 10.0 Å². The van der Waals surface area contributed by atoms with Crippen LogP contribution in [0.5, 0.6) is 5.75 Å². The average molecular weight is 455 g/mol. The van der Waals surface area contributed by atoms with Crippen molar-refractivity contribution in [3.8, 4) is 5.75 Å². The predicted molar refractivity (Wildman–Crippen MR) is 112 cm³/mol. The Labute approximate surface area is 180 Å². The maximum absolute atomic E-state index is 13.5. The van der Waals surface area contributed by atoms with E-state index < -0.39 is 28.1 Å². The molecule has 3 rings (SSSR count). The second-order valence-electron chi connectivity index (χ2n) is 7.68. The summed E-state index contributed by atoms with van der Waals surface area (Å²) in [6, 6.07) is 6.19. The number of carbonyl (C=O) groups excluding carboxylic acids is 1. The number of hydrogen-bond acceptors (Lipinski definition) is 7. The standard InChI is InChI=1S/C20H26N2O6S2/c1-12(2)10-13-11-22(30(26,27)15-6-4-14(28-3)5-7-15)17(20(24)21-25)18(23)19-16(13)8-9-29-19/h4-9,12-13,17-18,23,25H,10-11H2,1-3H3,(H,21,24)/t13-,17+,18-/m1/s1. The second-order valence-corrected chi connectivity index (χ2v) is 10.5. The minimum absolute atomic E-state index is 0.00538. The number of sulfonamides is 1. The Hall–Kier alpha value is -1.98. The molecule has 0 bridgehead atoms. The average Bonchev–Trinajstić information content (AvgIpc) is 3.17. The molecule has 0 spiro atoms. The van der Waals surface area contributed by atoms with Crippen LogP contribution in [0.1, 0.15) is 42.7 Å². The number of amides is 1. The molecule has 3 N–H and O–H groups in total. The number of thiophene rings is 1. The van der Waals surface area contributed by atoms with Crippen LogP contribution in [-0.2, 0) is 14.8 Å². The van der Waals surface area contributed by atoms with Crippen LogP contribution in [0.2, 0.25) is 0 Å². The lowest BCUT2D eigenvalue weighted by molar-refractivity contribution is -0.136. The topological polar surface area (TPSA) is 116 Å². The molecule has 1 aliphatic heterocycles. The molecular formula is C20H26N2O6S2. The van der Waals surface area contributed by atoms with Crippen LogP contribution < -0.4 is 10.2 Å². The molecule has 0 unspecified atom stereocenters. The molecule has 0 radical (unpaired) electrons. The highest BCUT2D eigenvalue weighted by atomic mass is 32.2. The molecule has 8 nitrogen and oxygen atoms in total. The molecule has 10 heteroatoms. The van der Waals surface area contributed by atoms with Crippen LogP contribution >= 0.6 is 11.3 Å². The van der Waals surface area contributed by atoms with Crippen molar-refractivity contribution < 1.29 is 28.3 Å². The predicted octanol–water partition coefficient (Wildman–Crippen LogP) is 2.50. The Balaban J connectivity index is 2.13. The van der Waals surface area contributed by atoms with Crippen LogP contribution in [0.3, 0.4) is 0 Å². The van der Waals surface area contributed by atoms with Gasteiger partial charge in [0.25, 0.3) is 5.91 Å². The Morgan fingerprint density at radius 3 is 2.53 bits per heavy atom. The molecule has 0 aliphatic carbocycles.